The Morgan fingerprint density at radius 3 is 2.29 bits per heavy atom. The zero-order valence-electron chi connectivity index (χ0n) is 21.1. The molecule has 0 radical (unpaired) electrons. The van der Waals surface area contributed by atoms with E-state index in [1.165, 1.54) is 21.2 Å². The molecule has 17 heteroatoms. The summed E-state index contributed by atoms with van der Waals surface area (Å²) in [6, 6.07) is 16.1. The van der Waals surface area contributed by atoms with Crippen molar-refractivity contribution in [2.24, 2.45) is 7.05 Å². The van der Waals surface area contributed by atoms with Crippen molar-refractivity contribution in [1.29, 1.82) is 0 Å². The molecule has 2 aliphatic heterocycles. The van der Waals surface area contributed by atoms with Gasteiger partial charge >= 0.3 is 21.5 Å². The molecule has 3 aromatic rings. The molecule has 41 heavy (non-hydrogen) atoms. The van der Waals surface area contributed by atoms with E-state index in [-0.39, 0.29) is 17.2 Å². The molecular formula is C24H21F3N6O5S3. The highest BCUT2D eigenvalue weighted by Crippen LogP contribution is 2.43. The third-order valence-electron chi connectivity index (χ3n) is 6.21. The second-order valence-electron chi connectivity index (χ2n) is 8.89. The van der Waals surface area contributed by atoms with E-state index in [0.717, 1.165) is 16.7 Å². The number of aryl methyl sites for hydroxylation is 1. The maximum absolute atomic E-state index is 13.8. The number of rotatable bonds is 9. The van der Waals surface area contributed by atoms with Gasteiger partial charge in [-0.25, -0.2) is 17.9 Å². The summed E-state index contributed by atoms with van der Waals surface area (Å²) in [5.41, 5.74) is -3.99. The second kappa shape index (κ2) is 11.5. The van der Waals surface area contributed by atoms with E-state index in [1.54, 1.807) is 67.7 Å². The molecule has 11 nitrogen and oxygen atoms in total. The van der Waals surface area contributed by atoms with E-state index < -0.39 is 44.9 Å². The highest BCUT2D eigenvalue weighted by Gasteiger charge is 2.58. The van der Waals surface area contributed by atoms with Crippen LogP contribution in [0.3, 0.4) is 0 Å². The van der Waals surface area contributed by atoms with Gasteiger partial charge in [0.15, 0.2) is 6.10 Å². The minimum absolute atomic E-state index is 0.114. The molecule has 1 fully saturated rings. The molecule has 3 heterocycles. The number of amides is 1. The second-order valence-corrected chi connectivity index (χ2v) is 12.6. The molecule has 0 spiro atoms. The van der Waals surface area contributed by atoms with Crippen molar-refractivity contribution in [2.45, 2.75) is 28.2 Å². The largest absolute Gasteiger partial charge is 0.511 e. The summed E-state index contributed by atoms with van der Waals surface area (Å²) < 4.78 is 71.4. The fraction of sp³-hybridized carbons (Fsp3) is 0.292. The van der Waals surface area contributed by atoms with Crippen LogP contribution in [-0.4, -0.2) is 73.8 Å². The van der Waals surface area contributed by atoms with Crippen molar-refractivity contribution in [2.75, 3.05) is 11.5 Å². The van der Waals surface area contributed by atoms with Gasteiger partial charge in [0, 0.05) is 18.6 Å². The number of esters is 1. The number of β-lactam (4-membered cyclic amide) rings is 1. The van der Waals surface area contributed by atoms with Crippen LogP contribution in [0.15, 0.2) is 77.1 Å². The lowest BCUT2D eigenvalue weighted by molar-refractivity contribution is -0.153. The quantitative estimate of drug-likeness (QED) is 0.215. The summed E-state index contributed by atoms with van der Waals surface area (Å²) in [4.78, 5) is 27.9. The first-order chi connectivity index (χ1) is 19.5. The van der Waals surface area contributed by atoms with Crippen molar-refractivity contribution in [3.05, 3.63) is 83.1 Å². The number of tetrazole rings is 1. The monoisotopic (exact) mass is 626 g/mol. The highest BCUT2D eigenvalue weighted by atomic mass is 32.2. The van der Waals surface area contributed by atoms with Gasteiger partial charge in [0.2, 0.25) is 11.1 Å². The number of halogens is 3. The zero-order valence-corrected chi connectivity index (χ0v) is 23.5. The number of hydrogen-bond donors (Lipinski definition) is 1. The fourth-order valence-corrected chi connectivity index (χ4v) is 7.35. The Morgan fingerprint density at radius 2 is 1.76 bits per heavy atom. The van der Waals surface area contributed by atoms with Gasteiger partial charge < -0.3 is 4.74 Å². The highest BCUT2D eigenvalue weighted by molar-refractivity contribution is 8.01. The Bertz CT molecular complexity index is 1550. The summed E-state index contributed by atoms with van der Waals surface area (Å²) in [5, 5.41) is 10.6. The summed E-state index contributed by atoms with van der Waals surface area (Å²) in [7, 11) is -4.18. The number of carbonyl (C=O) groups is 2. The molecular weight excluding hydrogens is 605 g/mol. The van der Waals surface area contributed by atoms with Crippen molar-refractivity contribution in [1.82, 2.24) is 29.8 Å². The molecule has 1 aromatic heterocycles. The van der Waals surface area contributed by atoms with Crippen LogP contribution in [-0.2, 0) is 31.4 Å². The third kappa shape index (κ3) is 5.84. The first-order valence-corrected chi connectivity index (χ1v) is 15.4. The fourth-order valence-electron chi connectivity index (χ4n) is 4.23. The van der Waals surface area contributed by atoms with Crippen LogP contribution in [0.1, 0.15) is 17.2 Å². The SMILES string of the molecule is Cn1nnnc1SCC1=C(C(=O)OC(c2ccccc2)c2ccccc2)N2C(=O)C(NS(=O)(=O)C(F)(F)F)C2SC1. The van der Waals surface area contributed by atoms with Gasteiger partial charge in [-0.3, -0.25) is 9.69 Å². The van der Waals surface area contributed by atoms with E-state index >= 15 is 0 Å². The maximum Gasteiger partial charge on any atom is 0.511 e. The number of thioether (sulfide) groups is 2. The lowest BCUT2D eigenvalue weighted by atomic mass is 10.0. The lowest BCUT2D eigenvalue weighted by Crippen LogP contribution is -2.71. The average Bonchev–Trinajstić information content (AvgIpc) is 3.37. The molecule has 0 bridgehead atoms. The smallest absolute Gasteiger partial charge is 0.448 e. The molecule has 1 amide bonds. The van der Waals surface area contributed by atoms with Crippen LogP contribution in [0, 0.1) is 0 Å². The van der Waals surface area contributed by atoms with E-state index in [9.17, 15) is 31.2 Å². The maximum atomic E-state index is 13.8. The number of nitrogens with zero attached hydrogens (tertiary/aromatic N) is 5. The topological polar surface area (TPSA) is 136 Å². The van der Waals surface area contributed by atoms with E-state index in [2.05, 4.69) is 15.5 Å². The van der Waals surface area contributed by atoms with Gasteiger partial charge in [-0.1, -0.05) is 72.4 Å². The number of carbonyl (C=O) groups excluding carboxylic acids is 2. The molecule has 0 saturated carbocycles. The van der Waals surface area contributed by atoms with Gasteiger partial charge in [0.05, 0.1) is 0 Å². The Morgan fingerprint density at radius 1 is 1.15 bits per heavy atom. The summed E-state index contributed by atoms with van der Waals surface area (Å²) >= 11 is 2.22. The Balaban J connectivity index is 1.48. The summed E-state index contributed by atoms with van der Waals surface area (Å²) in [6.07, 6.45) is -0.863. The number of hydrogen-bond acceptors (Lipinski definition) is 10. The first-order valence-electron chi connectivity index (χ1n) is 11.9. The molecule has 0 aliphatic carbocycles. The van der Waals surface area contributed by atoms with Crippen LogP contribution in [0.5, 0.6) is 0 Å². The molecule has 216 valence electrons. The minimum Gasteiger partial charge on any atom is -0.448 e. The number of benzene rings is 2. The van der Waals surface area contributed by atoms with E-state index in [0.29, 0.717) is 21.9 Å². The van der Waals surface area contributed by atoms with Crippen molar-refractivity contribution < 1.29 is 35.9 Å². The molecule has 1 saturated heterocycles. The van der Waals surface area contributed by atoms with Crippen LogP contribution in [0.4, 0.5) is 13.2 Å². The Kier molecular flexibility index (Phi) is 8.13. The van der Waals surface area contributed by atoms with Crippen LogP contribution < -0.4 is 4.72 Å². The summed E-state index contributed by atoms with van der Waals surface area (Å²) in [5.74, 6) is -1.61. The average molecular weight is 627 g/mol. The molecule has 1 N–H and O–H groups in total. The van der Waals surface area contributed by atoms with Crippen molar-refractivity contribution >= 4 is 45.4 Å². The third-order valence-corrected chi connectivity index (χ3v) is 9.82. The number of fused-ring (bicyclic) bond motifs is 1. The van der Waals surface area contributed by atoms with E-state index in [1.807, 2.05) is 0 Å². The number of nitrogens with one attached hydrogen (secondary N) is 1. The van der Waals surface area contributed by atoms with Gasteiger partial charge in [-0.15, -0.1) is 16.9 Å². The van der Waals surface area contributed by atoms with Crippen LogP contribution >= 0.6 is 23.5 Å². The number of sulfonamides is 1. The predicted molar refractivity (Wildman–Crippen MR) is 142 cm³/mol. The first kappa shape index (κ1) is 29.1. The predicted octanol–water partition coefficient (Wildman–Crippen LogP) is 2.61. The number of aromatic nitrogens is 4. The molecule has 2 aromatic carbocycles. The Labute approximate surface area is 240 Å². The van der Waals surface area contributed by atoms with Crippen LogP contribution in [0.2, 0.25) is 0 Å². The zero-order chi connectivity index (χ0) is 29.4. The molecule has 2 atom stereocenters. The van der Waals surface area contributed by atoms with E-state index in [4.69, 9.17) is 4.74 Å². The Hall–Kier alpha value is -3.41. The molecule has 2 unspecified atom stereocenters. The van der Waals surface area contributed by atoms with Crippen LogP contribution in [0.25, 0.3) is 0 Å². The molecule has 2 aliphatic rings. The lowest BCUT2D eigenvalue weighted by Gasteiger charge is -2.49. The normalized spacial score (nSPS) is 19.2. The van der Waals surface area contributed by atoms with Gasteiger partial charge in [-0.05, 0) is 27.1 Å². The van der Waals surface area contributed by atoms with Gasteiger partial charge in [0.25, 0.3) is 0 Å². The van der Waals surface area contributed by atoms with Crippen molar-refractivity contribution in [3.63, 3.8) is 0 Å². The number of alkyl halides is 3. The summed E-state index contributed by atoms with van der Waals surface area (Å²) in [6.45, 7) is 0. The molecule has 5 rings (SSSR count). The number of ether oxygens (including phenoxy) is 1. The standard InChI is InChI=1S/C24H21F3N6O5S3/c1-32-23(28-30-31-32)40-13-16-12-39-21-17(29-41(36,37)24(25,26)27)20(34)33(21)18(16)22(35)38-19(14-8-4-2-5-9-14)15-10-6-3-7-11-15/h2-11,17,19,21,29H,12-13H2,1H3. The van der Waals surface area contributed by atoms with Crippen molar-refractivity contribution in [3.8, 4) is 0 Å². The van der Waals surface area contributed by atoms with Gasteiger partial charge in [0.1, 0.15) is 17.1 Å². The van der Waals surface area contributed by atoms with Gasteiger partial charge in [-0.2, -0.15) is 17.9 Å². The minimum atomic E-state index is -5.80.